The largest absolute Gasteiger partial charge is 0.352 e. The van der Waals surface area contributed by atoms with Crippen molar-refractivity contribution in [1.82, 2.24) is 20.0 Å². The van der Waals surface area contributed by atoms with Gasteiger partial charge in [-0.1, -0.05) is 19.3 Å². The summed E-state index contributed by atoms with van der Waals surface area (Å²) in [5.41, 5.74) is 1.14. The van der Waals surface area contributed by atoms with E-state index in [0.717, 1.165) is 57.3 Å². The summed E-state index contributed by atoms with van der Waals surface area (Å²) < 4.78 is 15.1. The minimum atomic E-state index is -0.583. The molecule has 2 aliphatic heterocycles. The second-order valence-electron chi connectivity index (χ2n) is 10.6. The lowest BCUT2D eigenvalue weighted by atomic mass is 9.94. The smallest absolute Gasteiger partial charge is 0.251 e. The van der Waals surface area contributed by atoms with E-state index in [-0.39, 0.29) is 35.1 Å². The molecule has 1 aromatic rings. The van der Waals surface area contributed by atoms with Crippen LogP contribution < -0.4 is 10.6 Å². The first-order chi connectivity index (χ1) is 18.3. The maximum Gasteiger partial charge on any atom is 0.251 e. The zero-order valence-corrected chi connectivity index (χ0v) is 22.8. The van der Waals surface area contributed by atoms with Crippen LogP contribution in [0.3, 0.4) is 0 Å². The first kappa shape index (κ1) is 27.8. The number of nitrogens with one attached hydrogen (secondary N) is 2. The number of nitrogens with zero attached hydrogens (tertiary/aromatic N) is 5. The van der Waals surface area contributed by atoms with E-state index in [2.05, 4.69) is 39.2 Å². The monoisotopic (exact) mass is 525 g/mol. The molecule has 1 aromatic carbocycles. The van der Waals surface area contributed by atoms with Gasteiger partial charge in [-0.15, -0.1) is 0 Å². The van der Waals surface area contributed by atoms with E-state index >= 15 is 4.39 Å². The molecule has 0 aromatic heterocycles. The Balaban J connectivity index is 1.53. The molecule has 4 rings (SSSR count). The highest BCUT2D eigenvalue weighted by Crippen LogP contribution is 2.30. The molecular weight excluding hydrogens is 485 g/mol. The Morgan fingerprint density at radius 3 is 2.45 bits per heavy atom. The topological polar surface area (TPSA) is 92.6 Å². The molecule has 1 saturated carbocycles. The highest BCUT2D eigenvalue weighted by Gasteiger charge is 2.30. The summed E-state index contributed by atoms with van der Waals surface area (Å²) >= 11 is 0. The molecule has 1 aliphatic carbocycles. The predicted octanol–water partition coefficient (Wildman–Crippen LogP) is 3.80. The van der Waals surface area contributed by atoms with Gasteiger partial charge in [0.05, 0.1) is 11.4 Å². The number of hydrogen-bond acceptors (Lipinski definition) is 5. The molecule has 38 heavy (non-hydrogen) atoms. The van der Waals surface area contributed by atoms with Gasteiger partial charge in [-0.2, -0.15) is 4.99 Å². The number of hydrogen-bond donors (Lipinski definition) is 2. The molecule has 2 heterocycles. The normalized spacial score (nSPS) is 20.9. The van der Waals surface area contributed by atoms with Crippen LogP contribution in [0.15, 0.2) is 39.7 Å². The first-order valence-electron chi connectivity index (χ1n) is 13.6. The number of rotatable bonds is 5. The molecular formula is C28H40FN7O2. The van der Waals surface area contributed by atoms with Gasteiger partial charge in [0, 0.05) is 37.7 Å². The fourth-order valence-electron chi connectivity index (χ4n) is 5.43. The van der Waals surface area contributed by atoms with Crippen LogP contribution >= 0.6 is 0 Å². The second kappa shape index (κ2) is 12.5. The Kier molecular flexibility index (Phi) is 9.14. The van der Waals surface area contributed by atoms with E-state index in [1.54, 1.807) is 18.0 Å². The summed E-state index contributed by atoms with van der Waals surface area (Å²) in [4.78, 5) is 40.1. The van der Waals surface area contributed by atoms with Crippen molar-refractivity contribution >= 4 is 30.2 Å². The number of allylic oxidation sites excluding steroid dienone is 1. The van der Waals surface area contributed by atoms with Gasteiger partial charge in [-0.3, -0.25) is 9.59 Å². The van der Waals surface area contributed by atoms with Crippen molar-refractivity contribution in [2.24, 2.45) is 9.98 Å². The number of amides is 2. The molecule has 0 radical (unpaired) electrons. The van der Waals surface area contributed by atoms with E-state index in [1.807, 2.05) is 6.92 Å². The Hall–Kier alpha value is -3.27. The van der Waals surface area contributed by atoms with Gasteiger partial charge < -0.3 is 25.3 Å². The van der Waals surface area contributed by atoms with Crippen LogP contribution in [-0.4, -0.2) is 85.0 Å². The van der Waals surface area contributed by atoms with Crippen LogP contribution in [0, 0.1) is 5.82 Å². The Morgan fingerprint density at radius 1 is 1.08 bits per heavy atom. The Labute approximate surface area is 224 Å². The fraction of sp³-hybridized carbons (Fsp3) is 0.571. The number of halogens is 1. The summed E-state index contributed by atoms with van der Waals surface area (Å²) in [7, 11) is 3.81. The standard InChI is InChI=1S/C28H40FN7O2/c1-19-26(36(17-14-25(37)35(19)4)22-8-6-5-7-9-22)33-28(30-2)32-24-11-10-20(18-23(24)29)27(38)31-21-12-15-34(3)16-13-21/h10-11,18,21-22H,2,5-9,12-17H2,1,3-4H3,(H,31,38)(H,32,33). The lowest BCUT2D eigenvalue weighted by Gasteiger charge is -2.35. The molecule has 0 spiro atoms. The van der Waals surface area contributed by atoms with Gasteiger partial charge in [0.25, 0.3) is 5.91 Å². The molecule has 2 amide bonds. The minimum Gasteiger partial charge on any atom is -0.352 e. The third kappa shape index (κ3) is 6.59. The third-order valence-electron chi connectivity index (χ3n) is 7.95. The maximum atomic E-state index is 15.1. The number of carbonyl (C=O) groups is 2. The van der Waals surface area contributed by atoms with Crippen molar-refractivity contribution in [1.29, 1.82) is 0 Å². The molecule has 2 N–H and O–H groups in total. The van der Waals surface area contributed by atoms with E-state index < -0.39 is 5.82 Å². The van der Waals surface area contributed by atoms with Crippen LogP contribution in [0.5, 0.6) is 0 Å². The van der Waals surface area contributed by atoms with E-state index in [9.17, 15) is 9.59 Å². The van der Waals surface area contributed by atoms with Crippen LogP contribution in [-0.2, 0) is 4.79 Å². The van der Waals surface area contributed by atoms with Crippen molar-refractivity contribution in [3.63, 3.8) is 0 Å². The van der Waals surface area contributed by atoms with Crippen molar-refractivity contribution in [2.75, 3.05) is 39.0 Å². The van der Waals surface area contributed by atoms with Crippen LogP contribution in [0.25, 0.3) is 0 Å². The van der Waals surface area contributed by atoms with Gasteiger partial charge in [0.2, 0.25) is 11.9 Å². The maximum absolute atomic E-state index is 15.1. The average molecular weight is 526 g/mol. The molecule has 0 bridgehead atoms. The quantitative estimate of drug-likeness (QED) is 0.451. The molecule has 9 nitrogen and oxygen atoms in total. The summed E-state index contributed by atoms with van der Waals surface area (Å²) in [5, 5.41) is 5.95. The van der Waals surface area contributed by atoms with Crippen molar-refractivity contribution in [2.45, 2.75) is 70.4 Å². The van der Waals surface area contributed by atoms with Crippen molar-refractivity contribution in [3.05, 3.63) is 41.1 Å². The van der Waals surface area contributed by atoms with E-state index in [1.165, 1.54) is 18.6 Å². The van der Waals surface area contributed by atoms with Gasteiger partial charge in [-0.25, -0.2) is 9.38 Å². The molecule has 10 heteroatoms. The van der Waals surface area contributed by atoms with Gasteiger partial charge in [-0.05, 0) is 77.7 Å². The highest BCUT2D eigenvalue weighted by atomic mass is 19.1. The first-order valence-corrected chi connectivity index (χ1v) is 13.6. The summed E-state index contributed by atoms with van der Waals surface area (Å²) in [6.45, 7) is 7.93. The van der Waals surface area contributed by atoms with Crippen molar-refractivity contribution in [3.8, 4) is 0 Å². The molecule has 0 unspecified atom stereocenters. The highest BCUT2D eigenvalue weighted by molar-refractivity contribution is 5.98. The predicted molar refractivity (Wildman–Crippen MR) is 149 cm³/mol. The molecule has 2 fully saturated rings. The SMILES string of the molecule is C=N/C(=N\C1=C(C)N(C)C(=O)CCN1C1CCCCC1)Nc1ccc(C(=O)NC2CCN(C)CC2)cc1F. The molecule has 206 valence electrons. The number of aliphatic imine (C=N–C) groups is 2. The molecule has 0 atom stereocenters. The van der Waals surface area contributed by atoms with Crippen LogP contribution in [0.4, 0.5) is 10.1 Å². The number of carbonyl (C=O) groups excluding carboxylic acids is 2. The van der Waals surface area contributed by atoms with Crippen LogP contribution in [0.2, 0.25) is 0 Å². The number of benzene rings is 1. The number of anilines is 1. The fourth-order valence-corrected chi connectivity index (χ4v) is 5.43. The number of likely N-dealkylation sites (tertiary alicyclic amines) is 1. The van der Waals surface area contributed by atoms with Crippen molar-refractivity contribution < 1.29 is 14.0 Å². The van der Waals surface area contributed by atoms with Gasteiger partial charge >= 0.3 is 0 Å². The van der Waals surface area contributed by atoms with E-state index in [0.29, 0.717) is 24.8 Å². The summed E-state index contributed by atoms with van der Waals surface area (Å²) in [6.07, 6.45) is 7.77. The second-order valence-corrected chi connectivity index (χ2v) is 10.6. The van der Waals surface area contributed by atoms with Crippen LogP contribution in [0.1, 0.15) is 68.6 Å². The van der Waals surface area contributed by atoms with Gasteiger partial charge in [0.1, 0.15) is 5.82 Å². The summed E-state index contributed by atoms with van der Waals surface area (Å²) in [5.74, 6) is -0.0501. The van der Waals surface area contributed by atoms with Gasteiger partial charge in [0.15, 0.2) is 5.82 Å². The summed E-state index contributed by atoms with van der Waals surface area (Å²) in [6, 6.07) is 4.72. The zero-order valence-electron chi connectivity index (χ0n) is 22.8. The Morgan fingerprint density at radius 2 is 1.79 bits per heavy atom. The zero-order chi connectivity index (χ0) is 27.2. The number of guanidine groups is 1. The molecule has 3 aliphatic rings. The Bertz CT molecular complexity index is 1100. The lowest BCUT2D eigenvalue weighted by molar-refractivity contribution is -0.127. The van der Waals surface area contributed by atoms with E-state index in [4.69, 9.17) is 4.99 Å². The lowest BCUT2D eigenvalue weighted by Crippen LogP contribution is -2.43. The third-order valence-corrected chi connectivity index (χ3v) is 7.95. The number of piperidine rings is 1. The average Bonchev–Trinajstić information content (AvgIpc) is 3.02. The molecule has 1 saturated heterocycles. The minimum absolute atomic E-state index is 0.0368.